The van der Waals surface area contributed by atoms with Crippen molar-refractivity contribution >= 4 is 15.9 Å². The Labute approximate surface area is 131 Å². The maximum absolute atomic E-state index is 13.9. The highest BCUT2D eigenvalue weighted by molar-refractivity contribution is 9.10. The molecule has 0 aliphatic heterocycles. The van der Waals surface area contributed by atoms with Crippen molar-refractivity contribution in [3.63, 3.8) is 0 Å². The smallest absolute Gasteiger partial charge is 0.133 e. The van der Waals surface area contributed by atoms with Gasteiger partial charge in [-0.05, 0) is 28.7 Å². The molecule has 0 heterocycles. The van der Waals surface area contributed by atoms with E-state index in [0.717, 1.165) is 17.7 Å². The van der Waals surface area contributed by atoms with E-state index < -0.39 is 17.7 Å². The lowest BCUT2D eigenvalue weighted by atomic mass is 9.86. The minimum absolute atomic E-state index is 0.0163. The van der Waals surface area contributed by atoms with Crippen molar-refractivity contribution in [3.05, 3.63) is 69.2 Å². The normalized spacial score (nSPS) is 13.3. The van der Waals surface area contributed by atoms with Gasteiger partial charge in [0.2, 0.25) is 0 Å². The third-order valence-electron chi connectivity index (χ3n) is 3.41. The van der Waals surface area contributed by atoms with E-state index >= 15 is 0 Å². The van der Waals surface area contributed by atoms with Crippen LogP contribution in [0, 0.1) is 11.6 Å². The Morgan fingerprint density at radius 1 is 1.00 bits per heavy atom. The first-order chi connectivity index (χ1) is 9.70. The predicted molar refractivity (Wildman–Crippen MR) is 83.3 cm³/mol. The van der Waals surface area contributed by atoms with Crippen LogP contribution in [-0.2, 0) is 5.41 Å². The SMILES string of the molecule is CC(C)(C)c1ccc(C(O)c2c(F)cc(Br)cc2F)cc1. The molecule has 2 aromatic rings. The van der Waals surface area contributed by atoms with E-state index in [1.807, 2.05) is 12.1 Å². The summed E-state index contributed by atoms with van der Waals surface area (Å²) >= 11 is 3.02. The Bertz CT molecular complexity index is 622. The third kappa shape index (κ3) is 3.50. The van der Waals surface area contributed by atoms with Gasteiger partial charge in [0.05, 0.1) is 5.56 Å². The molecule has 1 N–H and O–H groups in total. The van der Waals surface area contributed by atoms with Crippen LogP contribution < -0.4 is 0 Å². The van der Waals surface area contributed by atoms with Gasteiger partial charge in [-0.25, -0.2) is 8.78 Å². The van der Waals surface area contributed by atoms with Crippen LogP contribution >= 0.6 is 15.9 Å². The quantitative estimate of drug-likeness (QED) is 0.794. The van der Waals surface area contributed by atoms with Gasteiger partial charge in [-0.3, -0.25) is 0 Å². The average molecular weight is 355 g/mol. The molecule has 0 fully saturated rings. The zero-order chi connectivity index (χ0) is 15.8. The summed E-state index contributed by atoms with van der Waals surface area (Å²) in [7, 11) is 0. The van der Waals surface area contributed by atoms with Crippen molar-refractivity contribution in [1.82, 2.24) is 0 Å². The van der Waals surface area contributed by atoms with Crippen LogP contribution in [0.5, 0.6) is 0 Å². The van der Waals surface area contributed by atoms with E-state index in [1.165, 1.54) is 0 Å². The lowest BCUT2D eigenvalue weighted by molar-refractivity contribution is 0.209. The maximum atomic E-state index is 13.9. The lowest BCUT2D eigenvalue weighted by Crippen LogP contribution is -2.11. The molecule has 2 aromatic carbocycles. The standard InChI is InChI=1S/C17H17BrF2O/c1-17(2,3)11-6-4-10(5-7-11)16(21)15-13(19)8-12(18)9-14(15)20/h4-9,16,21H,1-3H3. The average Bonchev–Trinajstić information content (AvgIpc) is 2.36. The molecule has 1 atom stereocenters. The van der Waals surface area contributed by atoms with Crippen LogP contribution in [0.15, 0.2) is 40.9 Å². The first-order valence-electron chi connectivity index (χ1n) is 6.63. The molecule has 0 radical (unpaired) electrons. The molecule has 0 aromatic heterocycles. The van der Waals surface area contributed by atoms with Crippen molar-refractivity contribution < 1.29 is 13.9 Å². The fourth-order valence-corrected chi connectivity index (χ4v) is 2.55. The minimum atomic E-state index is -1.33. The first kappa shape index (κ1) is 16.1. The third-order valence-corrected chi connectivity index (χ3v) is 3.87. The lowest BCUT2D eigenvalue weighted by Gasteiger charge is -2.20. The first-order valence-corrected chi connectivity index (χ1v) is 7.42. The van der Waals surface area contributed by atoms with Gasteiger partial charge in [0.15, 0.2) is 0 Å². The molecule has 0 saturated heterocycles. The Hall–Kier alpha value is -1.26. The monoisotopic (exact) mass is 354 g/mol. The van der Waals surface area contributed by atoms with E-state index in [9.17, 15) is 13.9 Å². The second-order valence-corrected chi connectivity index (χ2v) is 6.97. The Kier molecular flexibility index (Phi) is 4.49. The number of benzene rings is 2. The van der Waals surface area contributed by atoms with Crippen molar-refractivity contribution in [2.24, 2.45) is 0 Å². The molecule has 2 rings (SSSR count). The summed E-state index contributed by atoms with van der Waals surface area (Å²) in [5.74, 6) is -1.54. The molecule has 0 spiro atoms. The van der Waals surface area contributed by atoms with Crippen molar-refractivity contribution in [2.75, 3.05) is 0 Å². The molecule has 0 bridgehead atoms. The number of halogens is 3. The molecule has 21 heavy (non-hydrogen) atoms. The summed E-state index contributed by atoms with van der Waals surface area (Å²) in [6.45, 7) is 6.23. The van der Waals surface area contributed by atoms with E-state index in [1.54, 1.807) is 12.1 Å². The molecule has 0 aliphatic carbocycles. The minimum Gasteiger partial charge on any atom is -0.383 e. The summed E-state index contributed by atoms with van der Waals surface area (Å²) in [5.41, 5.74) is 1.21. The van der Waals surface area contributed by atoms with Crippen LogP contribution in [0.2, 0.25) is 0 Å². The molecule has 1 unspecified atom stereocenters. The highest BCUT2D eigenvalue weighted by Gasteiger charge is 2.21. The van der Waals surface area contributed by atoms with Crippen molar-refractivity contribution in [2.45, 2.75) is 32.3 Å². The zero-order valence-electron chi connectivity index (χ0n) is 12.1. The van der Waals surface area contributed by atoms with Crippen LogP contribution in [-0.4, -0.2) is 5.11 Å². The van der Waals surface area contributed by atoms with Gasteiger partial charge in [0.25, 0.3) is 0 Å². The Balaban J connectivity index is 2.39. The number of aliphatic hydroxyl groups excluding tert-OH is 1. The number of aliphatic hydroxyl groups is 1. The zero-order valence-corrected chi connectivity index (χ0v) is 13.7. The van der Waals surface area contributed by atoms with Crippen LogP contribution in [0.25, 0.3) is 0 Å². The molecular formula is C17H17BrF2O. The van der Waals surface area contributed by atoms with E-state index in [-0.39, 0.29) is 11.0 Å². The fraction of sp³-hybridized carbons (Fsp3) is 0.294. The molecule has 4 heteroatoms. The maximum Gasteiger partial charge on any atom is 0.133 e. The van der Waals surface area contributed by atoms with Gasteiger partial charge in [-0.1, -0.05) is 61.0 Å². The highest BCUT2D eigenvalue weighted by atomic mass is 79.9. The summed E-state index contributed by atoms with van der Waals surface area (Å²) in [5, 5.41) is 10.2. The second-order valence-electron chi connectivity index (χ2n) is 6.06. The van der Waals surface area contributed by atoms with Crippen molar-refractivity contribution in [1.29, 1.82) is 0 Å². The summed E-state index contributed by atoms with van der Waals surface area (Å²) in [4.78, 5) is 0. The van der Waals surface area contributed by atoms with Gasteiger partial charge in [0, 0.05) is 4.47 Å². The Morgan fingerprint density at radius 3 is 1.90 bits per heavy atom. The predicted octanol–water partition coefficient (Wildman–Crippen LogP) is 5.11. The molecule has 0 aliphatic rings. The largest absolute Gasteiger partial charge is 0.383 e. The fourth-order valence-electron chi connectivity index (χ4n) is 2.15. The summed E-state index contributed by atoms with van der Waals surface area (Å²) in [6, 6.07) is 9.43. The molecule has 0 amide bonds. The number of hydrogen-bond acceptors (Lipinski definition) is 1. The van der Waals surface area contributed by atoms with Crippen LogP contribution in [0.1, 0.15) is 43.6 Å². The highest BCUT2D eigenvalue weighted by Crippen LogP contribution is 2.30. The van der Waals surface area contributed by atoms with Gasteiger partial charge in [-0.15, -0.1) is 0 Å². The molecule has 112 valence electrons. The van der Waals surface area contributed by atoms with Gasteiger partial charge in [0.1, 0.15) is 17.7 Å². The number of hydrogen-bond donors (Lipinski definition) is 1. The molecule has 1 nitrogen and oxygen atoms in total. The van der Waals surface area contributed by atoms with Crippen LogP contribution in [0.4, 0.5) is 8.78 Å². The van der Waals surface area contributed by atoms with Gasteiger partial charge >= 0.3 is 0 Å². The van der Waals surface area contributed by atoms with E-state index in [2.05, 4.69) is 36.7 Å². The van der Waals surface area contributed by atoms with Crippen LogP contribution in [0.3, 0.4) is 0 Å². The summed E-state index contributed by atoms with van der Waals surface area (Å²) in [6.07, 6.45) is -1.33. The summed E-state index contributed by atoms with van der Waals surface area (Å²) < 4.78 is 28.1. The van der Waals surface area contributed by atoms with Gasteiger partial charge < -0.3 is 5.11 Å². The van der Waals surface area contributed by atoms with E-state index in [4.69, 9.17) is 0 Å². The Morgan fingerprint density at radius 2 is 1.48 bits per heavy atom. The second kappa shape index (κ2) is 5.85. The van der Waals surface area contributed by atoms with Crippen molar-refractivity contribution in [3.8, 4) is 0 Å². The van der Waals surface area contributed by atoms with Gasteiger partial charge in [-0.2, -0.15) is 0 Å². The number of rotatable bonds is 2. The molecular weight excluding hydrogens is 338 g/mol. The van der Waals surface area contributed by atoms with E-state index in [0.29, 0.717) is 10.0 Å². The molecule has 0 saturated carbocycles. The topological polar surface area (TPSA) is 20.2 Å².